The highest BCUT2D eigenvalue weighted by molar-refractivity contribution is 9.10. The second-order valence-corrected chi connectivity index (χ2v) is 6.95. The Balaban J connectivity index is 2.39. The first-order valence-electron chi connectivity index (χ1n) is 5.47. The molecule has 0 N–H and O–H groups in total. The SMILES string of the molecule is O=S(=O)(c1ccccc1Br)N1CCOCC1CCl. The number of rotatable bonds is 3. The number of ether oxygens (including phenoxy) is 1. The van der Waals surface area contributed by atoms with Crippen molar-refractivity contribution in [2.24, 2.45) is 0 Å². The van der Waals surface area contributed by atoms with E-state index in [9.17, 15) is 8.42 Å². The molecule has 1 aromatic carbocycles. The minimum atomic E-state index is -3.53. The number of alkyl halides is 1. The Bertz CT molecular complexity index is 523. The Labute approximate surface area is 120 Å². The molecule has 4 nitrogen and oxygen atoms in total. The van der Waals surface area contributed by atoms with Crippen molar-refractivity contribution in [3.63, 3.8) is 0 Å². The van der Waals surface area contributed by atoms with Crippen molar-refractivity contribution in [2.75, 3.05) is 25.6 Å². The van der Waals surface area contributed by atoms with E-state index in [1.807, 2.05) is 0 Å². The number of benzene rings is 1. The van der Waals surface area contributed by atoms with Gasteiger partial charge in [0, 0.05) is 16.9 Å². The fourth-order valence-corrected chi connectivity index (χ4v) is 4.75. The highest BCUT2D eigenvalue weighted by atomic mass is 79.9. The quantitative estimate of drug-likeness (QED) is 0.781. The molecule has 7 heteroatoms. The van der Waals surface area contributed by atoms with Gasteiger partial charge in [-0.15, -0.1) is 11.6 Å². The average molecular weight is 355 g/mol. The number of hydrogen-bond donors (Lipinski definition) is 0. The van der Waals surface area contributed by atoms with Gasteiger partial charge in [-0.05, 0) is 28.1 Å². The molecule has 18 heavy (non-hydrogen) atoms. The third-order valence-corrected chi connectivity index (χ3v) is 6.10. The largest absolute Gasteiger partial charge is 0.378 e. The summed E-state index contributed by atoms with van der Waals surface area (Å²) in [6.45, 7) is 1.07. The maximum atomic E-state index is 12.6. The van der Waals surface area contributed by atoms with Crippen LogP contribution >= 0.6 is 27.5 Å². The summed E-state index contributed by atoms with van der Waals surface area (Å²) in [4.78, 5) is 0.266. The number of hydrogen-bond acceptors (Lipinski definition) is 3. The molecule has 0 saturated carbocycles. The van der Waals surface area contributed by atoms with Crippen LogP contribution < -0.4 is 0 Å². The molecule has 1 aliphatic heterocycles. The average Bonchev–Trinajstić information content (AvgIpc) is 2.39. The van der Waals surface area contributed by atoms with Gasteiger partial charge in [-0.2, -0.15) is 4.31 Å². The number of nitrogens with zero attached hydrogens (tertiary/aromatic N) is 1. The molecule has 1 aromatic rings. The van der Waals surface area contributed by atoms with Gasteiger partial charge in [0.1, 0.15) is 0 Å². The lowest BCUT2D eigenvalue weighted by Crippen LogP contribution is -2.49. The summed E-state index contributed by atoms with van der Waals surface area (Å²) >= 11 is 9.08. The fourth-order valence-electron chi connectivity index (χ4n) is 1.86. The van der Waals surface area contributed by atoms with E-state index in [1.54, 1.807) is 24.3 Å². The van der Waals surface area contributed by atoms with E-state index in [2.05, 4.69) is 15.9 Å². The van der Waals surface area contributed by atoms with Gasteiger partial charge < -0.3 is 4.74 Å². The van der Waals surface area contributed by atoms with Crippen molar-refractivity contribution in [2.45, 2.75) is 10.9 Å². The zero-order valence-electron chi connectivity index (χ0n) is 9.55. The Morgan fingerprint density at radius 2 is 2.17 bits per heavy atom. The maximum absolute atomic E-state index is 12.6. The van der Waals surface area contributed by atoms with E-state index >= 15 is 0 Å². The van der Waals surface area contributed by atoms with Crippen molar-refractivity contribution < 1.29 is 13.2 Å². The first-order chi connectivity index (χ1) is 8.57. The van der Waals surface area contributed by atoms with Crippen molar-refractivity contribution in [1.29, 1.82) is 0 Å². The molecule has 0 aliphatic carbocycles. The van der Waals surface area contributed by atoms with Crippen LogP contribution in [0.15, 0.2) is 33.6 Å². The molecular formula is C11H13BrClNO3S. The molecule has 2 rings (SSSR count). The molecule has 1 saturated heterocycles. The topological polar surface area (TPSA) is 46.6 Å². The Morgan fingerprint density at radius 3 is 2.83 bits per heavy atom. The number of halogens is 2. The van der Waals surface area contributed by atoms with Crippen LogP contribution in [0.2, 0.25) is 0 Å². The molecule has 1 heterocycles. The normalized spacial score (nSPS) is 22.0. The van der Waals surface area contributed by atoms with Crippen LogP contribution in [0, 0.1) is 0 Å². The van der Waals surface area contributed by atoms with Crippen LogP contribution in [0.25, 0.3) is 0 Å². The predicted molar refractivity (Wildman–Crippen MR) is 73.4 cm³/mol. The van der Waals surface area contributed by atoms with Crippen LogP contribution in [0.5, 0.6) is 0 Å². The van der Waals surface area contributed by atoms with Crippen molar-refractivity contribution in [3.05, 3.63) is 28.7 Å². The maximum Gasteiger partial charge on any atom is 0.244 e. The van der Waals surface area contributed by atoms with Gasteiger partial charge in [0.15, 0.2) is 0 Å². The number of morpholine rings is 1. The van der Waals surface area contributed by atoms with E-state index in [0.29, 0.717) is 24.2 Å². The molecule has 0 amide bonds. The zero-order valence-corrected chi connectivity index (χ0v) is 12.7. The Hall–Kier alpha value is -0.140. The van der Waals surface area contributed by atoms with Crippen LogP contribution in [-0.4, -0.2) is 44.4 Å². The lowest BCUT2D eigenvalue weighted by atomic mass is 10.3. The fraction of sp³-hybridized carbons (Fsp3) is 0.455. The van der Waals surface area contributed by atoms with Gasteiger partial charge in [0.25, 0.3) is 0 Å². The molecule has 0 aromatic heterocycles. The summed E-state index contributed by atoms with van der Waals surface area (Å²) in [5.41, 5.74) is 0. The van der Waals surface area contributed by atoms with E-state index in [1.165, 1.54) is 4.31 Å². The Kier molecular flexibility index (Phi) is 4.66. The van der Waals surface area contributed by atoms with Gasteiger partial charge in [-0.1, -0.05) is 12.1 Å². The van der Waals surface area contributed by atoms with E-state index in [0.717, 1.165) is 0 Å². The highest BCUT2D eigenvalue weighted by Crippen LogP contribution is 2.27. The lowest BCUT2D eigenvalue weighted by Gasteiger charge is -2.33. The standard InChI is InChI=1S/C11H13BrClNO3S/c12-10-3-1-2-4-11(10)18(15,16)14-5-6-17-8-9(14)7-13/h1-4,9H,5-8H2. The number of sulfonamides is 1. The smallest absolute Gasteiger partial charge is 0.244 e. The lowest BCUT2D eigenvalue weighted by molar-refractivity contribution is 0.0404. The van der Waals surface area contributed by atoms with E-state index in [4.69, 9.17) is 16.3 Å². The molecule has 100 valence electrons. The molecule has 1 aliphatic rings. The molecule has 1 unspecified atom stereocenters. The molecule has 0 spiro atoms. The Morgan fingerprint density at radius 1 is 1.44 bits per heavy atom. The molecule has 1 fully saturated rings. The van der Waals surface area contributed by atoms with Gasteiger partial charge in [-0.3, -0.25) is 0 Å². The first-order valence-corrected chi connectivity index (χ1v) is 8.24. The van der Waals surface area contributed by atoms with Crippen LogP contribution in [0.4, 0.5) is 0 Å². The second-order valence-electron chi connectivity index (χ2n) is 3.93. The van der Waals surface area contributed by atoms with Crippen molar-refractivity contribution in [1.82, 2.24) is 4.31 Å². The first kappa shape index (κ1) is 14.3. The summed E-state index contributed by atoms with van der Waals surface area (Å²) in [5.74, 6) is 0.226. The van der Waals surface area contributed by atoms with Gasteiger partial charge in [0.05, 0.1) is 24.2 Å². The van der Waals surface area contributed by atoms with Crippen LogP contribution in [0.1, 0.15) is 0 Å². The predicted octanol–water partition coefficient (Wildman–Crippen LogP) is 2.08. The van der Waals surface area contributed by atoms with E-state index < -0.39 is 10.0 Å². The van der Waals surface area contributed by atoms with E-state index in [-0.39, 0.29) is 16.8 Å². The monoisotopic (exact) mass is 353 g/mol. The second kappa shape index (κ2) is 5.88. The zero-order chi connectivity index (χ0) is 13.2. The van der Waals surface area contributed by atoms with Gasteiger partial charge >= 0.3 is 0 Å². The van der Waals surface area contributed by atoms with Crippen molar-refractivity contribution in [3.8, 4) is 0 Å². The van der Waals surface area contributed by atoms with Crippen molar-refractivity contribution >= 4 is 37.6 Å². The van der Waals surface area contributed by atoms with Gasteiger partial charge in [0.2, 0.25) is 10.0 Å². The molecule has 0 bridgehead atoms. The van der Waals surface area contributed by atoms with Crippen LogP contribution in [-0.2, 0) is 14.8 Å². The molecular weight excluding hydrogens is 342 g/mol. The minimum absolute atomic E-state index is 0.226. The summed E-state index contributed by atoms with van der Waals surface area (Å²) in [5, 5.41) is 0. The minimum Gasteiger partial charge on any atom is -0.378 e. The third-order valence-electron chi connectivity index (χ3n) is 2.77. The summed E-state index contributed by atoms with van der Waals surface area (Å²) in [6.07, 6.45) is 0. The summed E-state index contributed by atoms with van der Waals surface area (Å²) in [6, 6.07) is 6.47. The highest BCUT2D eigenvalue weighted by Gasteiger charge is 2.34. The molecule has 0 radical (unpaired) electrons. The third kappa shape index (κ3) is 2.72. The van der Waals surface area contributed by atoms with Crippen LogP contribution in [0.3, 0.4) is 0 Å². The summed E-state index contributed by atoms with van der Waals surface area (Å²) in [7, 11) is -3.53. The molecule has 1 atom stereocenters. The summed E-state index contributed by atoms with van der Waals surface area (Å²) < 4.78 is 32.4. The van der Waals surface area contributed by atoms with Gasteiger partial charge in [-0.25, -0.2) is 8.42 Å².